The second kappa shape index (κ2) is 7.43. The summed E-state index contributed by atoms with van der Waals surface area (Å²) >= 11 is 0. The van der Waals surface area contributed by atoms with Crippen LogP contribution in [0.3, 0.4) is 0 Å². The first-order valence-corrected chi connectivity index (χ1v) is 8.71. The highest BCUT2D eigenvalue weighted by Gasteiger charge is 2.40. The van der Waals surface area contributed by atoms with Gasteiger partial charge >= 0.3 is 0 Å². The molecule has 3 rings (SSSR count). The molecule has 0 saturated carbocycles. The molecule has 1 fully saturated rings. The van der Waals surface area contributed by atoms with Crippen LogP contribution in [0.5, 0.6) is 5.75 Å². The predicted octanol–water partition coefficient (Wildman–Crippen LogP) is 1.96. The molecule has 0 radical (unpaired) electrons. The van der Waals surface area contributed by atoms with Crippen molar-refractivity contribution in [2.24, 2.45) is 0 Å². The Hall–Kier alpha value is -2.44. The highest BCUT2D eigenvalue weighted by atomic mass is 16.4. The van der Waals surface area contributed by atoms with Gasteiger partial charge in [0.05, 0.1) is 12.0 Å². The van der Waals surface area contributed by atoms with E-state index >= 15 is 0 Å². The van der Waals surface area contributed by atoms with E-state index in [1.54, 1.807) is 6.92 Å². The predicted molar refractivity (Wildman–Crippen MR) is 95.9 cm³/mol. The third-order valence-electron chi connectivity index (χ3n) is 5.28. The maximum atomic E-state index is 12.4. The molecule has 1 aromatic carbocycles. The Kier molecular flexibility index (Phi) is 5.25. The molecule has 0 aliphatic carbocycles. The van der Waals surface area contributed by atoms with E-state index in [0.29, 0.717) is 25.9 Å². The summed E-state index contributed by atoms with van der Waals surface area (Å²) in [6.45, 7) is 2.78. The molecular weight excluding hydrogens is 334 g/mol. The van der Waals surface area contributed by atoms with Gasteiger partial charge in [-0.3, -0.25) is 14.5 Å². The zero-order valence-electron chi connectivity index (χ0n) is 14.8. The lowest BCUT2D eigenvalue weighted by atomic mass is 9.70. The van der Waals surface area contributed by atoms with Gasteiger partial charge < -0.3 is 14.6 Å². The number of rotatable bonds is 5. The van der Waals surface area contributed by atoms with Crippen LogP contribution < -0.4 is 5.43 Å². The lowest BCUT2D eigenvalue weighted by Gasteiger charge is -2.40. The zero-order chi connectivity index (χ0) is 18.7. The minimum atomic E-state index is -0.560. The molecule has 0 atom stereocenters. The molecule has 1 aromatic heterocycles. The number of carbonyl (C=O) groups excluding carboxylic acids is 1. The minimum Gasteiger partial charge on any atom is -0.502 e. The summed E-state index contributed by atoms with van der Waals surface area (Å²) in [5.41, 5.74) is -0.0217. The maximum absolute atomic E-state index is 12.4. The van der Waals surface area contributed by atoms with Crippen molar-refractivity contribution in [1.29, 1.82) is 0 Å². The second-order valence-corrected chi connectivity index (χ2v) is 6.79. The number of nitrogens with zero attached hydrogens (tertiary/aromatic N) is 1. The summed E-state index contributed by atoms with van der Waals surface area (Å²) in [6.07, 6.45) is 1.33. The average molecular weight is 357 g/mol. The molecule has 26 heavy (non-hydrogen) atoms. The topological polar surface area (TPSA) is 91.0 Å². The van der Waals surface area contributed by atoms with Crippen molar-refractivity contribution in [1.82, 2.24) is 4.90 Å². The summed E-state index contributed by atoms with van der Waals surface area (Å²) in [5, 5.41) is 19.1. The SMILES string of the molecule is CC(=O)C1(c2ccccc2)CCN(Cc2oc(CO)cc(=O)c2O)CC1. The largest absolute Gasteiger partial charge is 0.502 e. The van der Waals surface area contributed by atoms with Crippen LogP contribution in [-0.4, -0.2) is 34.0 Å². The van der Waals surface area contributed by atoms with E-state index in [-0.39, 0.29) is 23.8 Å². The van der Waals surface area contributed by atoms with E-state index in [1.807, 2.05) is 35.2 Å². The Morgan fingerprint density at radius 3 is 2.46 bits per heavy atom. The number of Topliss-reactive ketones (excluding diaryl/α,β-unsaturated/α-hetero) is 1. The van der Waals surface area contributed by atoms with Crippen molar-refractivity contribution in [3.8, 4) is 5.75 Å². The van der Waals surface area contributed by atoms with Gasteiger partial charge in [0.2, 0.25) is 11.2 Å². The lowest BCUT2D eigenvalue weighted by Crippen LogP contribution is -2.46. The molecule has 138 valence electrons. The molecule has 1 aliphatic heterocycles. The Balaban J connectivity index is 1.77. The minimum absolute atomic E-state index is 0.127. The zero-order valence-corrected chi connectivity index (χ0v) is 14.8. The molecule has 0 unspecified atom stereocenters. The molecular formula is C20H23NO5. The molecule has 0 spiro atoms. The van der Waals surface area contributed by atoms with Crippen molar-refractivity contribution in [3.63, 3.8) is 0 Å². The maximum Gasteiger partial charge on any atom is 0.227 e. The van der Waals surface area contributed by atoms with E-state index < -0.39 is 23.2 Å². The highest BCUT2D eigenvalue weighted by Crippen LogP contribution is 2.37. The number of aromatic hydroxyl groups is 1. The monoisotopic (exact) mass is 357 g/mol. The lowest BCUT2D eigenvalue weighted by molar-refractivity contribution is -0.124. The number of aliphatic hydroxyl groups excluding tert-OH is 1. The number of hydrogen-bond donors (Lipinski definition) is 2. The van der Waals surface area contributed by atoms with Crippen LogP contribution in [0.4, 0.5) is 0 Å². The van der Waals surface area contributed by atoms with E-state index in [1.165, 1.54) is 0 Å². The normalized spacial score (nSPS) is 17.2. The fourth-order valence-corrected chi connectivity index (χ4v) is 3.67. The van der Waals surface area contributed by atoms with Gasteiger partial charge in [-0.2, -0.15) is 0 Å². The molecule has 6 heteroatoms. The molecule has 2 heterocycles. The van der Waals surface area contributed by atoms with Gasteiger partial charge in [-0.05, 0) is 38.4 Å². The van der Waals surface area contributed by atoms with Crippen LogP contribution in [0.15, 0.2) is 45.6 Å². The molecule has 1 aliphatic rings. The van der Waals surface area contributed by atoms with E-state index in [9.17, 15) is 19.8 Å². The van der Waals surface area contributed by atoms with Crippen LogP contribution in [-0.2, 0) is 23.4 Å². The number of piperidine rings is 1. The summed E-state index contributed by atoms with van der Waals surface area (Å²) in [5.74, 6) is 0.00688. The van der Waals surface area contributed by atoms with Gasteiger partial charge in [0.1, 0.15) is 18.2 Å². The van der Waals surface area contributed by atoms with Crippen LogP contribution in [0.25, 0.3) is 0 Å². The molecule has 2 aromatic rings. The van der Waals surface area contributed by atoms with Crippen molar-refractivity contribution >= 4 is 5.78 Å². The molecule has 6 nitrogen and oxygen atoms in total. The third-order valence-corrected chi connectivity index (χ3v) is 5.28. The van der Waals surface area contributed by atoms with Crippen molar-refractivity contribution in [3.05, 3.63) is 63.7 Å². The van der Waals surface area contributed by atoms with Crippen molar-refractivity contribution in [2.75, 3.05) is 13.1 Å². The summed E-state index contributed by atoms with van der Waals surface area (Å²) < 4.78 is 5.42. The first-order chi connectivity index (χ1) is 12.5. The Morgan fingerprint density at radius 2 is 1.88 bits per heavy atom. The second-order valence-electron chi connectivity index (χ2n) is 6.79. The number of aliphatic hydroxyl groups is 1. The summed E-state index contributed by atoms with van der Waals surface area (Å²) in [4.78, 5) is 26.2. The van der Waals surface area contributed by atoms with Crippen LogP contribution in [0, 0.1) is 0 Å². The van der Waals surface area contributed by atoms with E-state index in [0.717, 1.165) is 11.6 Å². The molecule has 2 N–H and O–H groups in total. The van der Waals surface area contributed by atoms with Gasteiger partial charge in [-0.1, -0.05) is 30.3 Å². The molecule has 1 saturated heterocycles. The Morgan fingerprint density at radius 1 is 1.23 bits per heavy atom. The van der Waals surface area contributed by atoms with Gasteiger partial charge in [0.25, 0.3) is 0 Å². The van der Waals surface area contributed by atoms with Gasteiger partial charge in [-0.25, -0.2) is 0 Å². The van der Waals surface area contributed by atoms with Crippen LogP contribution in [0.1, 0.15) is 36.8 Å². The van der Waals surface area contributed by atoms with Gasteiger partial charge in [-0.15, -0.1) is 0 Å². The molecule has 0 bridgehead atoms. The number of hydrogen-bond acceptors (Lipinski definition) is 6. The van der Waals surface area contributed by atoms with Crippen molar-refractivity contribution in [2.45, 2.75) is 38.3 Å². The quantitative estimate of drug-likeness (QED) is 0.850. The number of benzene rings is 1. The van der Waals surface area contributed by atoms with Crippen molar-refractivity contribution < 1.29 is 19.4 Å². The third kappa shape index (κ3) is 3.43. The molecule has 0 amide bonds. The first-order valence-electron chi connectivity index (χ1n) is 8.71. The van der Waals surface area contributed by atoms with Gasteiger partial charge in [0, 0.05) is 6.07 Å². The fourth-order valence-electron chi connectivity index (χ4n) is 3.67. The highest BCUT2D eigenvalue weighted by molar-refractivity contribution is 5.88. The average Bonchev–Trinajstić information content (AvgIpc) is 2.66. The fraction of sp³-hybridized carbons (Fsp3) is 0.400. The smallest absolute Gasteiger partial charge is 0.227 e. The van der Waals surface area contributed by atoms with Crippen LogP contribution in [0.2, 0.25) is 0 Å². The van der Waals surface area contributed by atoms with Crippen LogP contribution >= 0.6 is 0 Å². The van der Waals surface area contributed by atoms with E-state index in [4.69, 9.17) is 4.42 Å². The number of likely N-dealkylation sites (tertiary alicyclic amines) is 1. The number of carbonyl (C=O) groups is 1. The standard InChI is InChI=1S/C20H23NO5/c1-14(23)20(15-5-3-2-4-6-15)7-9-21(10-8-20)12-18-19(25)17(24)11-16(13-22)26-18/h2-6,11,22,25H,7-10,12-13H2,1H3. The van der Waals surface area contributed by atoms with E-state index in [2.05, 4.69) is 0 Å². The Bertz CT molecular complexity index is 835. The van der Waals surface area contributed by atoms with Gasteiger partial charge in [0.15, 0.2) is 5.76 Å². The summed E-state index contributed by atoms with van der Waals surface area (Å²) in [7, 11) is 0. The Labute approximate surface area is 151 Å². The number of ketones is 1. The first kappa shape index (κ1) is 18.4. The summed E-state index contributed by atoms with van der Waals surface area (Å²) in [6, 6.07) is 10.9.